The van der Waals surface area contributed by atoms with Crippen LogP contribution in [0, 0.1) is 6.92 Å². The number of ether oxygens (including phenoxy) is 1. The van der Waals surface area contributed by atoms with E-state index in [0.717, 1.165) is 41.7 Å². The number of nitrogens with one attached hydrogen (secondary N) is 1. The van der Waals surface area contributed by atoms with E-state index in [1.54, 1.807) is 6.20 Å². The smallest absolute Gasteiger partial charge is 0.224 e. The Morgan fingerprint density at radius 2 is 2.42 bits per heavy atom. The van der Waals surface area contributed by atoms with Crippen molar-refractivity contribution in [2.45, 2.75) is 45.1 Å². The maximum absolute atomic E-state index is 11.8. The maximum atomic E-state index is 11.8. The normalized spacial score (nSPS) is 19.2. The van der Waals surface area contributed by atoms with Gasteiger partial charge in [-0.1, -0.05) is 0 Å². The van der Waals surface area contributed by atoms with Gasteiger partial charge in [0.1, 0.15) is 4.60 Å². The van der Waals surface area contributed by atoms with Gasteiger partial charge in [0.05, 0.1) is 18.0 Å². The minimum absolute atomic E-state index is 0.0256. The predicted molar refractivity (Wildman–Crippen MR) is 78.1 cm³/mol. The van der Waals surface area contributed by atoms with Gasteiger partial charge in [-0.2, -0.15) is 0 Å². The van der Waals surface area contributed by atoms with E-state index in [0.29, 0.717) is 6.42 Å². The summed E-state index contributed by atoms with van der Waals surface area (Å²) in [6.07, 6.45) is 6.64. The van der Waals surface area contributed by atoms with Crippen molar-refractivity contribution in [1.82, 2.24) is 4.98 Å². The molecule has 0 aliphatic carbocycles. The van der Waals surface area contributed by atoms with Crippen molar-refractivity contribution in [3.05, 3.63) is 22.4 Å². The van der Waals surface area contributed by atoms with Crippen molar-refractivity contribution in [3.8, 4) is 0 Å². The summed E-state index contributed by atoms with van der Waals surface area (Å²) in [5.41, 5.74) is 1.75. The third-order valence-corrected chi connectivity index (χ3v) is 4.10. The summed E-state index contributed by atoms with van der Waals surface area (Å²) in [4.78, 5) is 16.0. The summed E-state index contributed by atoms with van der Waals surface area (Å²) < 4.78 is 6.42. The standard InChI is InChI=1S/C14H19BrN2O2/c1-10-8-11(9-16-14(10)15)17-13(18)6-5-12-4-2-3-7-19-12/h8-9,12H,2-7H2,1H3,(H,17,18). The number of aromatic nitrogens is 1. The number of nitrogens with zero attached hydrogens (tertiary/aromatic N) is 1. The SMILES string of the molecule is Cc1cc(NC(=O)CCC2CCCCO2)cnc1Br. The minimum Gasteiger partial charge on any atom is -0.378 e. The van der Waals surface area contributed by atoms with E-state index in [1.165, 1.54) is 6.42 Å². The van der Waals surface area contributed by atoms with Crippen LogP contribution in [0.1, 0.15) is 37.7 Å². The Balaban J connectivity index is 1.78. The Labute approximate surface area is 122 Å². The molecule has 19 heavy (non-hydrogen) atoms. The van der Waals surface area contributed by atoms with Crippen LogP contribution in [0.25, 0.3) is 0 Å². The molecule has 4 nitrogen and oxygen atoms in total. The molecular formula is C14H19BrN2O2. The maximum Gasteiger partial charge on any atom is 0.224 e. The molecule has 1 atom stereocenters. The Bertz CT molecular complexity index is 445. The monoisotopic (exact) mass is 326 g/mol. The second-order valence-electron chi connectivity index (χ2n) is 4.91. The molecule has 1 aliphatic rings. The Hall–Kier alpha value is -0.940. The average Bonchev–Trinajstić information content (AvgIpc) is 2.42. The molecule has 1 aromatic heterocycles. The first-order valence-electron chi connectivity index (χ1n) is 6.69. The fourth-order valence-corrected chi connectivity index (χ4v) is 2.39. The molecular weight excluding hydrogens is 308 g/mol. The molecule has 1 aromatic rings. The molecule has 0 spiro atoms. The lowest BCUT2D eigenvalue weighted by molar-refractivity contribution is -0.117. The average molecular weight is 327 g/mol. The van der Waals surface area contributed by atoms with Gasteiger partial charge in [0.2, 0.25) is 5.91 Å². The number of pyridine rings is 1. The van der Waals surface area contributed by atoms with Gasteiger partial charge in [0.15, 0.2) is 0 Å². The molecule has 1 saturated heterocycles. The van der Waals surface area contributed by atoms with Crippen molar-refractivity contribution in [1.29, 1.82) is 0 Å². The summed E-state index contributed by atoms with van der Waals surface area (Å²) in [5, 5.41) is 2.87. The van der Waals surface area contributed by atoms with E-state index in [1.807, 2.05) is 13.0 Å². The number of anilines is 1. The first-order valence-corrected chi connectivity index (χ1v) is 7.48. The number of aryl methyl sites for hydroxylation is 1. The van der Waals surface area contributed by atoms with Gasteiger partial charge < -0.3 is 10.1 Å². The molecule has 1 aliphatic heterocycles. The minimum atomic E-state index is 0.0256. The summed E-state index contributed by atoms with van der Waals surface area (Å²) in [6, 6.07) is 1.91. The van der Waals surface area contributed by atoms with Crippen LogP contribution in [0.5, 0.6) is 0 Å². The van der Waals surface area contributed by atoms with Gasteiger partial charge in [-0.05, 0) is 60.2 Å². The lowest BCUT2D eigenvalue weighted by Crippen LogP contribution is -2.21. The molecule has 2 heterocycles. The second-order valence-corrected chi connectivity index (χ2v) is 5.66. The Kier molecular flexibility index (Phi) is 5.34. The number of halogens is 1. The van der Waals surface area contributed by atoms with E-state index >= 15 is 0 Å². The molecule has 0 radical (unpaired) electrons. The highest BCUT2D eigenvalue weighted by Gasteiger charge is 2.15. The summed E-state index contributed by atoms with van der Waals surface area (Å²) in [7, 11) is 0. The van der Waals surface area contributed by atoms with Gasteiger partial charge in [0.25, 0.3) is 0 Å². The number of carbonyl (C=O) groups is 1. The number of hydrogen-bond acceptors (Lipinski definition) is 3. The third-order valence-electron chi connectivity index (χ3n) is 3.27. The van der Waals surface area contributed by atoms with Crippen molar-refractivity contribution in [3.63, 3.8) is 0 Å². The van der Waals surface area contributed by atoms with E-state index in [2.05, 4.69) is 26.2 Å². The quantitative estimate of drug-likeness (QED) is 0.862. The first kappa shape index (κ1) is 14.5. The lowest BCUT2D eigenvalue weighted by atomic mass is 10.0. The largest absolute Gasteiger partial charge is 0.378 e. The predicted octanol–water partition coefficient (Wildman–Crippen LogP) is 3.44. The third kappa shape index (κ3) is 4.58. The van der Waals surface area contributed by atoms with Gasteiger partial charge in [0, 0.05) is 13.0 Å². The van der Waals surface area contributed by atoms with E-state index in [4.69, 9.17) is 4.74 Å². The zero-order valence-electron chi connectivity index (χ0n) is 11.1. The van der Waals surface area contributed by atoms with Crippen LogP contribution < -0.4 is 5.32 Å². The van der Waals surface area contributed by atoms with Crippen LogP contribution >= 0.6 is 15.9 Å². The zero-order chi connectivity index (χ0) is 13.7. The summed E-state index contributed by atoms with van der Waals surface area (Å²) in [6.45, 7) is 2.78. The van der Waals surface area contributed by atoms with E-state index in [-0.39, 0.29) is 12.0 Å². The Morgan fingerprint density at radius 3 is 3.11 bits per heavy atom. The van der Waals surface area contributed by atoms with Crippen LogP contribution in [-0.4, -0.2) is 23.6 Å². The second kappa shape index (κ2) is 7.01. The molecule has 1 amide bonds. The first-order chi connectivity index (χ1) is 9.15. The Morgan fingerprint density at radius 1 is 1.58 bits per heavy atom. The molecule has 104 valence electrons. The zero-order valence-corrected chi connectivity index (χ0v) is 12.7. The molecule has 0 bridgehead atoms. The highest BCUT2D eigenvalue weighted by atomic mass is 79.9. The number of hydrogen-bond donors (Lipinski definition) is 1. The van der Waals surface area contributed by atoms with Crippen LogP contribution in [0.2, 0.25) is 0 Å². The topological polar surface area (TPSA) is 51.2 Å². The molecule has 2 rings (SSSR count). The van der Waals surface area contributed by atoms with Crippen LogP contribution in [0.15, 0.2) is 16.9 Å². The van der Waals surface area contributed by atoms with Crippen molar-refractivity contribution in [2.75, 3.05) is 11.9 Å². The molecule has 1 unspecified atom stereocenters. The van der Waals surface area contributed by atoms with Crippen molar-refractivity contribution in [2.24, 2.45) is 0 Å². The molecule has 1 N–H and O–H groups in total. The molecule has 0 saturated carbocycles. The van der Waals surface area contributed by atoms with Gasteiger partial charge >= 0.3 is 0 Å². The van der Waals surface area contributed by atoms with Gasteiger partial charge in [-0.25, -0.2) is 4.98 Å². The van der Waals surface area contributed by atoms with Gasteiger partial charge in [-0.3, -0.25) is 4.79 Å². The summed E-state index contributed by atoms with van der Waals surface area (Å²) >= 11 is 3.34. The number of carbonyl (C=O) groups excluding carboxylic acids is 1. The van der Waals surface area contributed by atoms with Crippen LogP contribution in [0.4, 0.5) is 5.69 Å². The van der Waals surface area contributed by atoms with E-state index in [9.17, 15) is 4.79 Å². The van der Waals surface area contributed by atoms with Gasteiger partial charge in [-0.15, -0.1) is 0 Å². The van der Waals surface area contributed by atoms with E-state index < -0.39 is 0 Å². The molecule has 1 fully saturated rings. The highest BCUT2D eigenvalue weighted by Crippen LogP contribution is 2.19. The molecule has 0 aromatic carbocycles. The van der Waals surface area contributed by atoms with Crippen LogP contribution in [0.3, 0.4) is 0 Å². The van der Waals surface area contributed by atoms with Crippen molar-refractivity contribution < 1.29 is 9.53 Å². The number of rotatable bonds is 4. The fourth-order valence-electron chi connectivity index (χ4n) is 2.18. The summed E-state index contributed by atoms with van der Waals surface area (Å²) in [5.74, 6) is 0.0256. The van der Waals surface area contributed by atoms with Crippen LogP contribution in [-0.2, 0) is 9.53 Å². The fraction of sp³-hybridized carbons (Fsp3) is 0.571. The molecule has 5 heteroatoms. The lowest BCUT2D eigenvalue weighted by Gasteiger charge is -2.22. The van der Waals surface area contributed by atoms with Crippen molar-refractivity contribution >= 4 is 27.5 Å². The number of amides is 1. The highest BCUT2D eigenvalue weighted by molar-refractivity contribution is 9.10.